The lowest BCUT2D eigenvalue weighted by atomic mass is 10.2. The molecule has 2 N–H and O–H groups in total. The van der Waals surface area contributed by atoms with Crippen LogP contribution < -0.4 is 5.32 Å². The SMILES string of the molecule is Cc1ccc(SCC(=O)Nc2ccsc2C(=O)O)cc1. The van der Waals surface area contributed by atoms with Crippen molar-refractivity contribution in [1.29, 1.82) is 0 Å². The molecule has 0 atom stereocenters. The Labute approximate surface area is 124 Å². The highest BCUT2D eigenvalue weighted by Crippen LogP contribution is 2.23. The van der Waals surface area contributed by atoms with Crippen LogP contribution in [0.5, 0.6) is 0 Å². The van der Waals surface area contributed by atoms with E-state index >= 15 is 0 Å². The van der Waals surface area contributed by atoms with Crippen LogP contribution in [0.15, 0.2) is 40.6 Å². The van der Waals surface area contributed by atoms with Crippen molar-refractivity contribution in [2.75, 3.05) is 11.1 Å². The zero-order chi connectivity index (χ0) is 14.5. The monoisotopic (exact) mass is 307 g/mol. The molecule has 1 aromatic heterocycles. The summed E-state index contributed by atoms with van der Waals surface area (Å²) in [5.74, 6) is -0.990. The quantitative estimate of drug-likeness (QED) is 0.830. The molecule has 2 aromatic rings. The smallest absolute Gasteiger partial charge is 0.348 e. The van der Waals surface area contributed by atoms with E-state index in [1.807, 2.05) is 31.2 Å². The number of rotatable bonds is 5. The standard InChI is InChI=1S/C14H13NO3S2/c1-9-2-4-10(5-3-9)20-8-12(16)15-11-6-7-19-13(11)14(17)18/h2-7H,8H2,1H3,(H,15,16)(H,17,18). The molecule has 0 aliphatic carbocycles. The van der Waals surface area contributed by atoms with Gasteiger partial charge in [-0.1, -0.05) is 17.7 Å². The molecule has 0 radical (unpaired) electrons. The van der Waals surface area contributed by atoms with E-state index in [0.717, 1.165) is 16.2 Å². The van der Waals surface area contributed by atoms with Crippen LogP contribution >= 0.6 is 23.1 Å². The first-order chi connectivity index (χ1) is 9.56. The van der Waals surface area contributed by atoms with Gasteiger partial charge in [-0.25, -0.2) is 4.79 Å². The molecule has 0 fully saturated rings. The molecule has 104 valence electrons. The van der Waals surface area contributed by atoms with Crippen molar-refractivity contribution in [3.05, 3.63) is 46.2 Å². The highest BCUT2D eigenvalue weighted by atomic mass is 32.2. The van der Waals surface area contributed by atoms with E-state index < -0.39 is 5.97 Å². The number of amides is 1. The molecule has 6 heteroatoms. The van der Waals surface area contributed by atoms with Gasteiger partial charge in [0.2, 0.25) is 5.91 Å². The Morgan fingerprint density at radius 2 is 1.95 bits per heavy atom. The second kappa shape index (κ2) is 6.58. The lowest BCUT2D eigenvalue weighted by molar-refractivity contribution is -0.113. The van der Waals surface area contributed by atoms with Gasteiger partial charge in [0.05, 0.1) is 11.4 Å². The predicted octanol–water partition coefficient (Wildman–Crippen LogP) is 3.49. The number of hydrogen-bond donors (Lipinski definition) is 2. The average Bonchev–Trinajstić information content (AvgIpc) is 2.86. The molecule has 4 nitrogen and oxygen atoms in total. The maximum atomic E-state index is 11.8. The molecule has 0 spiro atoms. The van der Waals surface area contributed by atoms with E-state index in [-0.39, 0.29) is 16.5 Å². The second-order valence-corrected chi connectivity index (χ2v) is 6.08. The molecule has 1 heterocycles. The number of anilines is 1. The topological polar surface area (TPSA) is 66.4 Å². The van der Waals surface area contributed by atoms with Crippen LogP contribution in [0.4, 0.5) is 5.69 Å². The number of thiophene rings is 1. The lowest BCUT2D eigenvalue weighted by Crippen LogP contribution is -2.15. The Morgan fingerprint density at radius 3 is 2.60 bits per heavy atom. The highest BCUT2D eigenvalue weighted by Gasteiger charge is 2.13. The summed E-state index contributed by atoms with van der Waals surface area (Å²) in [7, 11) is 0. The molecule has 0 unspecified atom stereocenters. The van der Waals surface area contributed by atoms with Gasteiger partial charge < -0.3 is 10.4 Å². The summed E-state index contributed by atoms with van der Waals surface area (Å²) < 4.78 is 0. The Hall–Kier alpha value is -1.79. The van der Waals surface area contributed by atoms with Gasteiger partial charge in [-0.15, -0.1) is 23.1 Å². The highest BCUT2D eigenvalue weighted by molar-refractivity contribution is 8.00. The Morgan fingerprint density at radius 1 is 1.25 bits per heavy atom. The average molecular weight is 307 g/mol. The van der Waals surface area contributed by atoms with E-state index in [1.165, 1.54) is 17.3 Å². The van der Waals surface area contributed by atoms with Gasteiger partial charge in [0.15, 0.2) is 0 Å². The number of aryl methyl sites for hydroxylation is 1. The van der Waals surface area contributed by atoms with Gasteiger partial charge in [0, 0.05) is 4.90 Å². The molecule has 0 saturated carbocycles. The number of carbonyl (C=O) groups excluding carboxylic acids is 1. The maximum absolute atomic E-state index is 11.8. The zero-order valence-corrected chi connectivity index (χ0v) is 12.4. The third-order valence-electron chi connectivity index (χ3n) is 2.52. The Balaban J connectivity index is 1.91. The normalized spacial score (nSPS) is 10.2. The first kappa shape index (κ1) is 14.6. The first-order valence-electron chi connectivity index (χ1n) is 5.86. The fourth-order valence-electron chi connectivity index (χ4n) is 1.54. The van der Waals surface area contributed by atoms with E-state index in [0.29, 0.717) is 5.69 Å². The summed E-state index contributed by atoms with van der Waals surface area (Å²) >= 11 is 2.51. The molecular weight excluding hydrogens is 294 g/mol. The van der Waals surface area contributed by atoms with Crippen molar-refractivity contribution < 1.29 is 14.7 Å². The zero-order valence-electron chi connectivity index (χ0n) is 10.8. The molecular formula is C14H13NO3S2. The number of benzene rings is 1. The summed E-state index contributed by atoms with van der Waals surface area (Å²) in [4.78, 5) is 23.9. The third kappa shape index (κ3) is 3.85. The van der Waals surface area contributed by atoms with Gasteiger partial charge in [0.25, 0.3) is 0 Å². The van der Waals surface area contributed by atoms with Crippen molar-refractivity contribution in [3.8, 4) is 0 Å². The van der Waals surface area contributed by atoms with Crippen molar-refractivity contribution in [1.82, 2.24) is 0 Å². The number of nitrogens with one attached hydrogen (secondary N) is 1. The maximum Gasteiger partial charge on any atom is 0.348 e. The second-order valence-electron chi connectivity index (χ2n) is 4.12. The molecule has 0 aliphatic rings. The van der Waals surface area contributed by atoms with E-state index in [9.17, 15) is 9.59 Å². The van der Waals surface area contributed by atoms with Crippen molar-refractivity contribution in [2.24, 2.45) is 0 Å². The minimum absolute atomic E-state index is 0.152. The van der Waals surface area contributed by atoms with E-state index in [2.05, 4.69) is 5.32 Å². The molecule has 1 amide bonds. The van der Waals surface area contributed by atoms with Crippen LogP contribution in [0.25, 0.3) is 0 Å². The third-order valence-corrected chi connectivity index (χ3v) is 4.44. The van der Waals surface area contributed by atoms with Gasteiger partial charge in [-0.2, -0.15) is 0 Å². The number of thioether (sulfide) groups is 1. The number of hydrogen-bond acceptors (Lipinski definition) is 4. The van der Waals surface area contributed by atoms with E-state index in [4.69, 9.17) is 5.11 Å². The molecule has 0 aliphatic heterocycles. The largest absolute Gasteiger partial charge is 0.477 e. The number of carboxylic acid groups (broad SMARTS) is 1. The summed E-state index contributed by atoms with van der Waals surface area (Å²) in [6, 6.07) is 9.49. The molecule has 1 aromatic carbocycles. The predicted molar refractivity (Wildman–Crippen MR) is 81.8 cm³/mol. The Kier molecular flexibility index (Phi) is 4.81. The number of aromatic carboxylic acids is 1. The van der Waals surface area contributed by atoms with Gasteiger partial charge in [0.1, 0.15) is 4.88 Å². The number of carbonyl (C=O) groups is 2. The van der Waals surface area contributed by atoms with Gasteiger partial charge in [-0.3, -0.25) is 4.79 Å². The van der Waals surface area contributed by atoms with Gasteiger partial charge in [-0.05, 0) is 30.5 Å². The summed E-state index contributed by atoms with van der Waals surface area (Å²) in [6.45, 7) is 2.01. The summed E-state index contributed by atoms with van der Waals surface area (Å²) in [6.07, 6.45) is 0. The lowest BCUT2D eigenvalue weighted by Gasteiger charge is -2.05. The molecule has 2 rings (SSSR count). The molecule has 0 bridgehead atoms. The Bertz CT molecular complexity index is 620. The number of carboxylic acids is 1. The molecule has 20 heavy (non-hydrogen) atoms. The van der Waals surface area contributed by atoms with Crippen LogP contribution in [0.1, 0.15) is 15.2 Å². The van der Waals surface area contributed by atoms with Crippen LogP contribution in [0.2, 0.25) is 0 Å². The van der Waals surface area contributed by atoms with Crippen LogP contribution in [-0.2, 0) is 4.79 Å². The fourth-order valence-corrected chi connectivity index (χ4v) is 2.93. The van der Waals surface area contributed by atoms with Gasteiger partial charge >= 0.3 is 5.97 Å². The van der Waals surface area contributed by atoms with E-state index in [1.54, 1.807) is 11.4 Å². The van der Waals surface area contributed by atoms with Crippen molar-refractivity contribution in [3.63, 3.8) is 0 Å². The summed E-state index contributed by atoms with van der Waals surface area (Å²) in [5, 5.41) is 13.2. The summed E-state index contributed by atoms with van der Waals surface area (Å²) in [5.41, 5.74) is 1.53. The minimum atomic E-state index is -1.03. The molecule has 0 saturated heterocycles. The first-order valence-corrected chi connectivity index (χ1v) is 7.73. The van der Waals surface area contributed by atoms with Crippen LogP contribution in [-0.4, -0.2) is 22.7 Å². The van der Waals surface area contributed by atoms with Crippen molar-refractivity contribution in [2.45, 2.75) is 11.8 Å². The minimum Gasteiger partial charge on any atom is -0.477 e. The van der Waals surface area contributed by atoms with Crippen molar-refractivity contribution >= 4 is 40.7 Å². The fraction of sp³-hybridized carbons (Fsp3) is 0.143. The van der Waals surface area contributed by atoms with Crippen LogP contribution in [0.3, 0.4) is 0 Å². The van der Waals surface area contributed by atoms with Crippen LogP contribution in [0, 0.1) is 6.92 Å².